The molecule has 0 aliphatic carbocycles. The standard InChI is InChI=1S/C11H15NO2/c1-2-14-11(13)10-5-3-4-9(8-10)6-7-12/h3-5,8H,2,6-7,12H2,1H3. The summed E-state index contributed by atoms with van der Waals surface area (Å²) in [6, 6.07) is 7.37. The fourth-order valence-electron chi connectivity index (χ4n) is 1.23. The van der Waals surface area contributed by atoms with Gasteiger partial charge < -0.3 is 10.5 Å². The lowest BCUT2D eigenvalue weighted by atomic mass is 10.1. The van der Waals surface area contributed by atoms with Crippen LogP contribution in [0.4, 0.5) is 0 Å². The van der Waals surface area contributed by atoms with Gasteiger partial charge in [-0.25, -0.2) is 4.79 Å². The van der Waals surface area contributed by atoms with E-state index < -0.39 is 0 Å². The molecule has 2 N–H and O–H groups in total. The van der Waals surface area contributed by atoms with Crippen LogP contribution in [0.2, 0.25) is 0 Å². The Labute approximate surface area is 83.9 Å². The highest BCUT2D eigenvalue weighted by Gasteiger charge is 2.05. The molecule has 1 aromatic carbocycles. The fraction of sp³-hybridized carbons (Fsp3) is 0.364. The third kappa shape index (κ3) is 2.85. The molecule has 14 heavy (non-hydrogen) atoms. The highest BCUT2D eigenvalue weighted by Crippen LogP contribution is 2.07. The molecule has 0 saturated carbocycles. The number of rotatable bonds is 4. The molecule has 3 nitrogen and oxygen atoms in total. The molecule has 0 unspecified atom stereocenters. The number of carbonyl (C=O) groups is 1. The van der Waals surface area contributed by atoms with Gasteiger partial charge in [-0.2, -0.15) is 0 Å². The monoisotopic (exact) mass is 193 g/mol. The van der Waals surface area contributed by atoms with Gasteiger partial charge in [-0.05, 0) is 37.6 Å². The number of esters is 1. The second-order valence-electron chi connectivity index (χ2n) is 2.96. The van der Waals surface area contributed by atoms with E-state index in [1.54, 1.807) is 13.0 Å². The van der Waals surface area contributed by atoms with Crippen LogP contribution in [0.25, 0.3) is 0 Å². The van der Waals surface area contributed by atoms with E-state index in [9.17, 15) is 4.79 Å². The minimum atomic E-state index is -0.272. The number of ether oxygens (including phenoxy) is 1. The van der Waals surface area contributed by atoms with Crippen molar-refractivity contribution in [1.29, 1.82) is 0 Å². The lowest BCUT2D eigenvalue weighted by Crippen LogP contribution is -2.07. The third-order valence-electron chi connectivity index (χ3n) is 1.87. The molecular weight excluding hydrogens is 178 g/mol. The van der Waals surface area contributed by atoms with Crippen LogP contribution in [0.1, 0.15) is 22.8 Å². The van der Waals surface area contributed by atoms with Gasteiger partial charge >= 0.3 is 5.97 Å². The van der Waals surface area contributed by atoms with Gasteiger partial charge in [-0.1, -0.05) is 12.1 Å². The first-order valence-corrected chi connectivity index (χ1v) is 4.74. The van der Waals surface area contributed by atoms with Crippen molar-refractivity contribution in [3.05, 3.63) is 35.4 Å². The Morgan fingerprint density at radius 3 is 2.93 bits per heavy atom. The Morgan fingerprint density at radius 2 is 2.29 bits per heavy atom. The van der Waals surface area contributed by atoms with E-state index in [1.807, 2.05) is 18.2 Å². The van der Waals surface area contributed by atoms with E-state index in [4.69, 9.17) is 10.5 Å². The minimum absolute atomic E-state index is 0.272. The van der Waals surface area contributed by atoms with Crippen LogP contribution in [-0.4, -0.2) is 19.1 Å². The average Bonchev–Trinajstić information content (AvgIpc) is 2.19. The van der Waals surface area contributed by atoms with Crippen molar-refractivity contribution < 1.29 is 9.53 Å². The Bertz CT molecular complexity index is 310. The van der Waals surface area contributed by atoms with Crippen LogP contribution < -0.4 is 5.73 Å². The summed E-state index contributed by atoms with van der Waals surface area (Å²) in [5.74, 6) is -0.272. The zero-order chi connectivity index (χ0) is 10.4. The lowest BCUT2D eigenvalue weighted by molar-refractivity contribution is 0.0526. The molecule has 0 bridgehead atoms. The molecule has 0 aliphatic heterocycles. The maximum Gasteiger partial charge on any atom is 0.338 e. The predicted molar refractivity (Wildman–Crippen MR) is 55.2 cm³/mol. The van der Waals surface area contributed by atoms with Crippen molar-refractivity contribution in [3.63, 3.8) is 0 Å². The zero-order valence-electron chi connectivity index (χ0n) is 8.32. The van der Waals surface area contributed by atoms with Crippen LogP contribution in [0.3, 0.4) is 0 Å². The summed E-state index contributed by atoms with van der Waals surface area (Å²) in [5.41, 5.74) is 7.09. The third-order valence-corrected chi connectivity index (χ3v) is 1.87. The van der Waals surface area contributed by atoms with Gasteiger partial charge in [0, 0.05) is 0 Å². The molecule has 0 spiro atoms. The van der Waals surface area contributed by atoms with Crippen LogP contribution in [0.5, 0.6) is 0 Å². The van der Waals surface area contributed by atoms with Crippen molar-refractivity contribution in [2.24, 2.45) is 5.73 Å². The van der Waals surface area contributed by atoms with Gasteiger partial charge in [0.05, 0.1) is 12.2 Å². The summed E-state index contributed by atoms with van der Waals surface area (Å²) in [5, 5.41) is 0. The van der Waals surface area contributed by atoms with Gasteiger partial charge in [0.2, 0.25) is 0 Å². The van der Waals surface area contributed by atoms with Crippen molar-refractivity contribution in [3.8, 4) is 0 Å². The normalized spacial score (nSPS) is 9.86. The summed E-state index contributed by atoms with van der Waals surface area (Å²) in [6.07, 6.45) is 0.785. The summed E-state index contributed by atoms with van der Waals surface area (Å²) >= 11 is 0. The van der Waals surface area contributed by atoms with Gasteiger partial charge in [0.25, 0.3) is 0 Å². The molecule has 3 heteroatoms. The van der Waals surface area contributed by atoms with E-state index in [0.717, 1.165) is 12.0 Å². The van der Waals surface area contributed by atoms with E-state index in [0.29, 0.717) is 18.7 Å². The van der Waals surface area contributed by atoms with Crippen molar-refractivity contribution >= 4 is 5.97 Å². The van der Waals surface area contributed by atoms with Gasteiger partial charge in [-0.15, -0.1) is 0 Å². The van der Waals surface area contributed by atoms with Crippen LogP contribution in [0.15, 0.2) is 24.3 Å². The molecule has 0 radical (unpaired) electrons. The smallest absolute Gasteiger partial charge is 0.338 e. The molecule has 0 saturated heterocycles. The fourth-order valence-corrected chi connectivity index (χ4v) is 1.23. The number of hydrogen-bond acceptors (Lipinski definition) is 3. The number of hydrogen-bond donors (Lipinski definition) is 1. The number of benzene rings is 1. The molecule has 0 atom stereocenters. The van der Waals surface area contributed by atoms with Crippen LogP contribution >= 0.6 is 0 Å². The largest absolute Gasteiger partial charge is 0.462 e. The molecule has 1 aromatic rings. The summed E-state index contributed by atoms with van der Waals surface area (Å²) < 4.78 is 4.89. The second kappa shape index (κ2) is 5.40. The number of carbonyl (C=O) groups excluding carboxylic acids is 1. The van der Waals surface area contributed by atoms with E-state index >= 15 is 0 Å². The number of nitrogens with two attached hydrogens (primary N) is 1. The molecule has 0 amide bonds. The molecule has 0 aromatic heterocycles. The second-order valence-corrected chi connectivity index (χ2v) is 2.96. The maximum atomic E-state index is 11.3. The van der Waals surface area contributed by atoms with Crippen molar-refractivity contribution in [2.45, 2.75) is 13.3 Å². The molecule has 0 aliphatic rings. The van der Waals surface area contributed by atoms with Gasteiger partial charge in [-0.3, -0.25) is 0 Å². The Morgan fingerprint density at radius 1 is 1.50 bits per heavy atom. The molecule has 76 valence electrons. The summed E-state index contributed by atoms with van der Waals surface area (Å²) in [4.78, 5) is 11.3. The first-order chi connectivity index (χ1) is 6.77. The van der Waals surface area contributed by atoms with E-state index in [1.165, 1.54) is 0 Å². The maximum absolute atomic E-state index is 11.3. The average molecular weight is 193 g/mol. The minimum Gasteiger partial charge on any atom is -0.462 e. The quantitative estimate of drug-likeness (QED) is 0.735. The Balaban J connectivity index is 2.77. The van der Waals surface area contributed by atoms with Crippen LogP contribution in [0, 0.1) is 0 Å². The first kappa shape index (κ1) is 10.7. The van der Waals surface area contributed by atoms with Gasteiger partial charge in [0.1, 0.15) is 0 Å². The SMILES string of the molecule is CCOC(=O)c1cccc(CCN)c1. The Kier molecular flexibility index (Phi) is 4.13. The van der Waals surface area contributed by atoms with Crippen molar-refractivity contribution in [2.75, 3.05) is 13.2 Å². The molecule has 0 heterocycles. The van der Waals surface area contributed by atoms with E-state index in [2.05, 4.69) is 0 Å². The summed E-state index contributed by atoms with van der Waals surface area (Å²) in [6.45, 7) is 2.79. The molecule has 0 fully saturated rings. The van der Waals surface area contributed by atoms with Gasteiger partial charge in [0.15, 0.2) is 0 Å². The van der Waals surface area contributed by atoms with Crippen molar-refractivity contribution in [1.82, 2.24) is 0 Å². The summed E-state index contributed by atoms with van der Waals surface area (Å²) in [7, 11) is 0. The lowest BCUT2D eigenvalue weighted by Gasteiger charge is -2.03. The molecule has 1 rings (SSSR count). The Hall–Kier alpha value is -1.35. The molecular formula is C11H15NO2. The van der Waals surface area contributed by atoms with E-state index in [-0.39, 0.29) is 5.97 Å². The topological polar surface area (TPSA) is 52.3 Å². The zero-order valence-corrected chi connectivity index (χ0v) is 8.32. The van der Waals surface area contributed by atoms with Crippen LogP contribution in [-0.2, 0) is 11.2 Å². The highest BCUT2D eigenvalue weighted by atomic mass is 16.5. The highest BCUT2D eigenvalue weighted by molar-refractivity contribution is 5.89. The first-order valence-electron chi connectivity index (χ1n) is 4.74. The predicted octanol–water partition coefficient (Wildman–Crippen LogP) is 1.36.